The molecule has 0 bridgehead atoms. The van der Waals surface area contributed by atoms with Crippen LogP contribution in [0.15, 0.2) is 72.8 Å². The first kappa shape index (κ1) is 37.4. The number of aromatic nitrogens is 2. The van der Waals surface area contributed by atoms with Crippen LogP contribution in [-0.2, 0) is 24.1 Å². The average molecular weight is 758 g/mol. The Bertz CT molecular complexity index is 2140. The Morgan fingerprint density at radius 1 is 0.946 bits per heavy atom. The lowest BCUT2D eigenvalue weighted by Gasteiger charge is -2.49. The Labute approximate surface area is 328 Å². The van der Waals surface area contributed by atoms with Crippen LogP contribution in [0.1, 0.15) is 69.7 Å². The third kappa shape index (κ3) is 7.39. The van der Waals surface area contributed by atoms with Gasteiger partial charge in [0, 0.05) is 60.8 Å². The monoisotopic (exact) mass is 757 g/mol. The molecule has 1 saturated carbocycles. The largest absolute Gasteiger partial charge is 0.465 e. The number of carboxylic acid groups (broad SMARTS) is 1. The van der Waals surface area contributed by atoms with E-state index in [1.165, 1.54) is 15.7 Å². The Balaban J connectivity index is 1.13. The standard InChI is InChI=1S/C44H51N7O5/c1-42(2,3)56-41(54)50-23-10-17-37(50)43(19-20-43)30-55-39-46-35-28-48(36-16-9-14-32-13-7-8-15-33(32)36)24-18-34(35)38(47-39)49-25-26-51(40(52)53)44(29-49,21-22-45)27-31-11-5-4-6-12-31/h4-9,11-16,37H,10,17-21,23-30H2,1-3H3,(H,52,53)/t37-,44-/m1/s1. The molecular formula is C44H51N7O5. The van der Waals surface area contributed by atoms with Crippen LogP contribution in [0, 0.1) is 16.7 Å². The third-order valence-electron chi connectivity index (χ3n) is 12.1. The van der Waals surface area contributed by atoms with Gasteiger partial charge in [-0.2, -0.15) is 15.2 Å². The molecule has 292 valence electrons. The van der Waals surface area contributed by atoms with Crippen molar-refractivity contribution in [1.29, 1.82) is 5.26 Å². The van der Waals surface area contributed by atoms with Crippen molar-refractivity contribution in [3.63, 3.8) is 0 Å². The molecule has 3 aliphatic heterocycles. The molecule has 3 fully saturated rings. The highest BCUT2D eigenvalue weighted by molar-refractivity contribution is 5.94. The van der Waals surface area contributed by atoms with Crippen molar-refractivity contribution in [3.8, 4) is 12.1 Å². The van der Waals surface area contributed by atoms with Crippen LogP contribution in [0.3, 0.4) is 0 Å². The predicted octanol–water partition coefficient (Wildman–Crippen LogP) is 7.45. The summed E-state index contributed by atoms with van der Waals surface area (Å²) >= 11 is 0. The summed E-state index contributed by atoms with van der Waals surface area (Å²) in [5.41, 5.74) is 2.24. The molecule has 3 aromatic carbocycles. The van der Waals surface area contributed by atoms with Gasteiger partial charge in [-0.15, -0.1) is 0 Å². The van der Waals surface area contributed by atoms with Crippen molar-refractivity contribution in [2.45, 2.75) is 89.4 Å². The summed E-state index contributed by atoms with van der Waals surface area (Å²) in [5, 5.41) is 22.9. The first-order chi connectivity index (χ1) is 27.0. The smallest absolute Gasteiger partial charge is 0.410 e. The quantitative estimate of drug-likeness (QED) is 0.184. The van der Waals surface area contributed by atoms with Gasteiger partial charge >= 0.3 is 18.2 Å². The second-order valence-electron chi connectivity index (χ2n) is 17.0. The predicted molar refractivity (Wildman–Crippen MR) is 214 cm³/mol. The number of carbonyl (C=O) groups excluding carboxylic acids is 1. The van der Waals surface area contributed by atoms with Crippen LogP contribution < -0.4 is 14.5 Å². The minimum absolute atomic E-state index is 0.0185. The fourth-order valence-corrected chi connectivity index (χ4v) is 9.23. The number of piperazine rings is 1. The normalized spacial score (nSPS) is 21.7. The van der Waals surface area contributed by atoms with Crippen LogP contribution in [0.2, 0.25) is 0 Å². The lowest BCUT2D eigenvalue weighted by atomic mass is 9.83. The van der Waals surface area contributed by atoms with Crippen LogP contribution in [-0.4, -0.2) is 93.6 Å². The van der Waals surface area contributed by atoms with E-state index in [-0.39, 0.29) is 36.5 Å². The molecule has 2 atom stereocenters. The lowest BCUT2D eigenvalue weighted by molar-refractivity contribution is 0.0123. The Morgan fingerprint density at radius 2 is 1.71 bits per heavy atom. The molecule has 8 rings (SSSR count). The van der Waals surface area contributed by atoms with Gasteiger partial charge in [-0.3, -0.25) is 4.90 Å². The first-order valence-corrected chi connectivity index (χ1v) is 19.9. The van der Waals surface area contributed by atoms with Crippen molar-refractivity contribution in [1.82, 2.24) is 19.8 Å². The third-order valence-corrected chi connectivity index (χ3v) is 12.1. The van der Waals surface area contributed by atoms with Gasteiger partial charge in [-0.05, 0) is 76.3 Å². The van der Waals surface area contributed by atoms with Gasteiger partial charge in [0.25, 0.3) is 0 Å². The van der Waals surface area contributed by atoms with E-state index in [1.807, 2.05) is 56.0 Å². The number of nitrogens with zero attached hydrogens (tertiary/aromatic N) is 7. The zero-order valence-electron chi connectivity index (χ0n) is 32.6. The number of hydrogen-bond donors (Lipinski definition) is 1. The summed E-state index contributed by atoms with van der Waals surface area (Å²) in [5.74, 6) is 0.740. The van der Waals surface area contributed by atoms with E-state index in [0.29, 0.717) is 45.6 Å². The fourth-order valence-electron chi connectivity index (χ4n) is 9.23. The van der Waals surface area contributed by atoms with Gasteiger partial charge in [0.2, 0.25) is 0 Å². The Kier molecular flexibility index (Phi) is 9.89. The van der Waals surface area contributed by atoms with Crippen molar-refractivity contribution in [3.05, 3.63) is 89.6 Å². The van der Waals surface area contributed by atoms with Crippen molar-refractivity contribution in [2.75, 3.05) is 49.1 Å². The van der Waals surface area contributed by atoms with E-state index in [9.17, 15) is 20.0 Å². The Hall–Kier alpha value is -5.57. The highest BCUT2D eigenvalue weighted by atomic mass is 16.6. The van der Waals surface area contributed by atoms with Gasteiger partial charge in [-0.1, -0.05) is 66.7 Å². The highest BCUT2D eigenvalue weighted by Crippen LogP contribution is 2.54. The van der Waals surface area contributed by atoms with Crippen LogP contribution >= 0.6 is 0 Å². The summed E-state index contributed by atoms with van der Waals surface area (Å²) in [7, 11) is 0. The second kappa shape index (κ2) is 14.8. The number of rotatable bonds is 9. The van der Waals surface area contributed by atoms with Crippen molar-refractivity contribution >= 4 is 34.5 Å². The van der Waals surface area contributed by atoms with E-state index in [1.54, 1.807) is 0 Å². The van der Waals surface area contributed by atoms with Crippen LogP contribution in [0.5, 0.6) is 6.01 Å². The summed E-state index contributed by atoms with van der Waals surface area (Å²) < 4.78 is 12.4. The number of carbonyl (C=O) groups is 2. The summed E-state index contributed by atoms with van der Waals surface area (Å²) in [6.07, 6.45) is 3.52. The molecule has 1 aliphatic carbocycles. The van der Waals surface area contributed by atoms with E-state index < -0.39 is 17.2 Å². The molecule has 1 aromatic heterocycles. The molecule has 12 nitrogen and oxygen atoms in total. The number of nitriles is 1. The van der Waals surface area contributed by atoms with E-state index >= 15 is 0 Å². The second-order valence-corrected chi connectivity index (χ2v) is 17.0. The summed E-state index contributed by atoms with van der Waals surface area (Å²) in [6.45, 7) is 8.98. The Morgan fingerprint density at radius 3 is 2.46 bits per heavy atom. The number of amides is 2. The maximum atomic E-state index is 13.3. The molecule has 2 amide bonds. The van der Waals surface area contributed by atoms with Crippen molar-refractivity contribution in [2.24, 2.45) is 5.41 Å². The molecular weight excluding hydrogens is 707 g/mol. The van der Waals surface area contributed by atoms with Gasteiger partial charge in [0.05, 0.1) is 36.9 Å². The highest BCUT2D eigenvalue weighted by Gasteiger charge is 2.55. The topological polar surface area (TPSA) is 135 Å². The number of fused-ring (bicyclic) bond motifs is 2. The zero-order chi connectivity index (χ0) is 39.1. The molecule has 1 N–H and O–H groups in total. The molecule has 2 saturated heterocycles. The van der Waals surface area contributed by atoms with E-state index in [2.05, 4.69) is 58.3 Å². The van der Waals surface area contributed by atoms with E-state index in [4.69, 9.17) is 19.4 Å². The van der Waals surface area contributed by atoms with Gasteiger partial charge < -0.3 is 29.3 Å². The lowest BCUT2D eigenvalue weighted by Crippen LogP contribution is -2.65. The summed E-state index contributed by atoms with van der Waals surface area (Å²) in [4.78, 5) is 44.2. The van der Waals surface area contributed by atoms with Gasteiger partial charge in [-0.25, -0.2) is 9.59 Å². The van der Waals surface area contributed by atoms with Gasteiger partial charge in [0.15, 0.2) is 0 Å². The molecule has 0 spiro atoms. The van der Waals surface area contributed by atoms with E-state index in [0.717, 1.165) is 60.6 Å². The van der Waals surface area contributed by atoms with Crippen molar-refractivity contribution < 1.29 is 24.2 Å². The zero-order valence-corrected chi connectivity index (χ0v) is 32.6. The minimum Gasteiger partial charge on any atom is -0.465 e. The minimum atomic E-state index is -1.03. The fraction of sp³-hybridized carbons (Fsp3) is 0.477. The number of benzene rings is 3. The number of anilines is 2. The SMILES string of the molecule is CC(C)(C)OC(=O)N1CCC[C@@H]1C1(COc2nc3c(c(N4CCN(C(=O)O)[C@](CC#N)(Cc5ccccc5)C4)n2)CCN(c2cccc4ccccc24)C3)CC1. The number of likely N-dealkylation sites (tertiary alicyclic amines) is 1. The molecule has 0 unspecified atom stereocenters. The van der Waals surface area contributed by atoms with Gasteiger partial charge in [0.1, 0.15) is 11.4 Å². The molecule has 0 radical (unpaired) electrons. The molecule has 56 heavy (non-hydrogen) atoms. The van der Waals surface area contributed by atoms with Crippen LogP contribution in [0.4, 0.5) is 21.1 Å². The molecule has 4 heterocycles. The number of hydrogen-bond acceptors (Lipinski definition) is 9. The molecule has 12 heteroatoms. The maximum Gasteiger partial charge on any atom is 0.410 e. The molecule has 4 aliphatic rings. The maximum absolute atomic E-state index is 13.3. The first-order valence-electron chi connectivity index (χ1n) is 19.9. The van der Waals surface area contributed by atoms with Crippen LogP contribution in [0.25, 0.3) is 10.8 Å². The average Bonchev–Trinajstić information content (AvgIpc) is 3.80. The molecule has 4 aromatic rings. The summed E-state index contributed by atoms with van der Waals surface area (Å²) in [6, 6.07) is 27.2. The number of ether oxygens (including phenoxy) is 2.